The quantitative estimate of drug-likeness (QED) is 0.0922. The Hall–Kier alpha value is -9.96. The number of halogens is 3. The summed E-state index contributed by atoms with van der Waals surface area (Å²) in [5.41, 5.74) is 13.3. The molecule has 1 aliphatic heterocycles. The molecule has 0 spiro atoms. The van der Waals surface area contributed by atoms with Crippen LogP contribution in [0.1, 0.15) is 29.1 Å². The summed E-state index contributed by atoms with van der Waals surface area (Å²) in [6.07, 6.45) is 3.62. The van der Waals surface area contributed by atoms with Crippen LogP contribution in [-0.2, 0) is 9.31 Å². The molecule has 0 aliphatic carbocycles. The molecule has 15 aromatic carbocycles. The van der Waals surface area contributed by atoms with Gasteiger partial charge in [-0.05, 0) is 197 Å². The summed E-state index contributed by atoms with van der Waals surface area (Å²) in [6, 6.07) is 110. The molecule has 111 heavy (non-hydrogen) atoms. The van der Waals surface area contributed by atoms with Gasteiger partial charge in [0.15, 0.2) is 0 Å². The molecule has 4 aromatic heterocycles. The van der Waals surface area contributed by atoms with E-state index in [2.05, 4.69) is 243 Å². The maximum Gasteiger partial charge on any atom is 1.00 e. The minimum atomic E-state index is -1.44. The summed E-state index contributed by atoms with van der Waals surface area (Å²) < 4.78 is 12.1. The third kappa shape index (κ3) is 15.0. The fourth-order valence-corrected chi connectivity index (χ4v) is 15.9. The Morgan fingerprint density at radius 3 is 1.07 bits per heavy atom. The van der Waals surface area contributed by atoms with Gasteiger partial charge in [-0.2, -0.15) is 0 Å². The van der Waals surface area contributed by atoms with Gasteiger partial charge in [-0.25, -0.2) is 9.97 Å². The summed E-state index contributed by atoms with van der Waals surface area (Å²) in [5, 5.41) is 40.9. The first kappa shape index (κ1) is 76.4. The van der Waals surface area contributed by atoms with Crippen molar-refractivity contribution in [2.75, 3.05) is 0 Å². The van der Waals surface area contributed by atoms with E-state index in [-0.39, 0.29) is 79.5 Å². The zero-order valence-corrected chi connectivity index (χ0v) is 67.0. The molecule has 5 heterocycles. The van der Waals surface area contributed by atoms with Crippen LogP contribution in [0.3, 0.4) is 0 Å². The first-order valence-electron chi connectivity index (χ1n) is 36.3. The molecule has 1 saturated heterocycles. The normalized spacial score (nSPS) is 12.8. The summed E-state index contributed by atoms with van der Waals surface area (Å²) in [7, 11) is -1.75. The monoisotopic (exact) mass is 1520 g/mol. The van der Waals surface area contributed by atoms with E-state index < -0.39 is 7.12 Å². The number of hydrogen-bond donors (Lipinski definition) is 2. The fourth-order valence-electron chi connectivity index (χ4n) is 15.1. The predicted molar refractivity (Wildman–Crippen MR) is 467 cm³/mol. The van der Waals surface area contributed by atoms with Crippen molar-refractivity contribution in [1.82, 2.24) is 19.9 Å². The van der Waals surface area contributed by atoms with Crippen molar-refractivity contribution in [3.63, 3.8) is 0 Å². The van der Waals surface area contributed by atoms with Crippen molar-refractivity contribution in [1.29, 1.82) is 0 Å². The van der Waals surface area contributed by atoms with Gasteiger partial charge in [-0.1, -0.05) is 296 Å². The standard InChI is InChI=1S/C38H23ClN2.C27H15Cl2N.C17H20BNO2.C14H11BO2.B.K.H/c39-35-23-37(25-18-16-24(17-19-25)36-15-7-8-20-40-36)41-38-31-14-6-5-13-30(31)33(22-34(35)38)32-21-26-9-1-2-10-27(26)28-11-3-4-12-29(28)32;28-25-15-26(29)30-27-21-12-6-5-11-20(21)23(14-24(25)27)22-13-16-7-1-2-8-17(16)18-9-3-4-10-19(18)22;1-16(2)17(3,4)21-18(20-16)14-10-8-13(9-11-14)15-7-5-6-12-19-15;16-15(17)14-9-10-5-1-2-6-11(10)12-7-3-4-8-13(12)14;;;/h1-23H;1-15H;5-12H,1-4H3;1-9,16-17H;;;/q;;;;;+1;-1. The van der Waals surface area contributed by atoms with Crippen LogP contribution in [0.25, 0.3) is 164 Å². The number of nitrogens with zero attached hydrogens (tertiary/aromatic N) is 4. The van der Waals surface area contributed by atoms with E-state index in [4.69, 9.17) is 49.1 Å². The Morgan fingerprint density at radius 2 is 0.649 bits per heavy atom. The molecular weight excluding hydrogens is 1450 g/mol. The molecule has 3 radical (unpaired) electrons. The summed E-state index contributed by atoms with van der Waals surface area (Å²) in [6.45, 7) is 8.26. The van der Waals surface area contributed by atoms with E-state index in [1.54, 1.807) is 12.3 Å². The van der Waals surface area contributed by atoms with Gasteiger partial charge in [0.05, 0.1) is 49.4 Å². The first-order valence-corrected chi connectivity index (χ1v) is 37.4. The zero-order valence-electron chi connectivity index (χ0n) is 62.6. The molecule has 0 atom stereocenters. The Kier molecular flexibility index (Phi) is 22.3. The number of pyridine rings is 4. The molecule has 0 unspecified atom stereocenters. The van der Waals surface area contributed by atoms with Gasteiger partial charge in [0.1, 0.15) is 5.15 Å². The molecule has 529 valence electrons. The molecule has 0 bridgehead atoms. The van der Waals surface area contributed by atoms with Gasteiger partial charge in [0, 0.05) is 59.0 Å². The maximum absolute atomic E-state index is 9.44. The van der Waals surface area contributed by atoms with Crippen molar-refractivity contribution < 1.29 is 72.2 Å². The molecule has 2 N–H and O–H groups in total. The number of benzene rings is 15. The summed E-state index contributed by atoms with van der Waals surface area (Å²) in [4.78, 5) is 18.6. The largest absolute Gasteiger partial charge is 1.00 e. The molecule has 0 amide bonds. The van der Waals surface area contributed by atoms with Crippen LogP contribution in [0.5, 0.6) is 0 Å². The number of aromatic nitrogens is 4. The van der Waals surface area contributed by atoms with Crippen LogP contribution >= 0.6 is 34.8 Å². The number of hydrogen-bond acceptors (Lipinski definition) is 8. The van der Waals surface area contributed by atoms with Gasteiger partial charge in [-0.3, -0.25) is 9.97 Å². The fraction of sp³-hybridized carbons (Fsp3) is 0.0625. The average Bonchev–Trinajstić information content (AvgIpc) is 0.925. The topological polar surface area (TPSA) is 110 Å². The third-order valence-corrected chi connectivity index (χ3v) is 22.1. The summed E-state index contributed by atoms with van der Waals surface area (Å²) >= 11 is 19.9. The minimum Gasteiger partial charge on any atom is -1.00 e. The minimum absolute atomic E-state index is 0. The number of rotatable bonds is 7. The molecule has 15 heteroatoms. The van der Waals surface area contributed by atoms with Crippen LogP contribution in [0, 0.1) is 0 Å². The van der Waals surface area contributed by atoms with Crippen LogP contribution in [0.15, 0.2) is 334 Å². The zero-order chi connectivity index (χ0) is 74.5. The molecule has 0 saturated carbocycles. The average molecular weight is 1520 g/mol. The van der Waals surface area contributed by atoms with E-state index in [1.165, 1.54) is 54.2 Å². The maximum atomic E-state index is 9.44. The molecule has 20 rings (SSSR count). The third-order valence-electron chi connectivity index (χ3n) is 21.2. The molecular formula is C96H70B3Cl3KN4O4. The molecule has 1 fully saturated rings. The Labute approximate surface area is 705 Å². The SMILES string of the molecule is CC1(C)OB(c2ccc(-c3ccccn3)cc2)OC1(C)C.Clc1cc(-c2ccc(-c3ccccn3)cc2)nc2c1cc(-c1cc3ccccc3c3ccccc13)c1ccccc12.Clc1cc(Cl)c2cc(-c3cc4ccccc4c4ccccc34)c3ccccc3c2n1.OB(O)c1cc2ccccc2c2ccccc12.[B].[H-].[K+]. The van der Waals surface area contributed by atoms with E-state index in [0.29, 0.717) is 20.7 Å². The Bertz CT molecular complexity index is 6720. The van der Waals surface area contributed by atoms with E-state index in [1.807, 2.05) is 121 Å². The van der Waals surface area contributed by atoms with Crippen LogP contribution in [0.2, 0.25) is 15.2 Å². The van der Waals surface area contributed by atoms with Crippen molar-refractivity contribution in [3.8, 4) is 56.0 Å². The van der Waals surface area contributed by atoms with Crippen LogP contribution in [-0.4, -0.2) is 63.8 Å². The second kappa shape index (κ2) is 32.4. The van der Waals surface area contributed by atoms with Crippen molar-refractivity contribution in [2.24, 2.45) is 0 Å². The second-order valence-corrected chi connectivity index (χ2v) is 29.6. The summed E-state index contributed by atoms with van der Waals surface area (Å²) in [5.74, 6) is 0. The molecule has 19 aromatic rings. The van der Waals surface area contributed by atoms with Gasteiger partial charge in [0.25, 0.3) is 0 Å². The Morgan fingerprint density at radius 1 is 0.324 bits per heavy atom. The van der Waals surface area contributed by atoms with E-state index in [0.717, 1.165) is 115 Å². The van der Waals surface area contributed by atoms with Gasteiger partial charge in [-0.15, -0.1) is 0 Å². The van der Waals surface area contributed by atoms with E-state index in [9.17, 15) is 10.0 Å². The van der Waals surface area contributed by atoms with Gasteiger partial charge in [0.2, 0.25) is 0 Å². The van der Waals surface area contributed by atoms with Crippen molar-refractivity contribution in [3.05, 3.63) is 349 Å². The Balaban J connectivity index is 0.000000130. The van der Waals surface area contributed by atoms with Gasteiger partial charge >= 0.3 is 65.6 Å². The predicted octanol–water partition coefficient (Wildman–Crippen LogP) is 20.9. The van der Waals surface area contributed by atoms with Gasteiger partial charge < -0.3 is 20.8 Å². The van der Waals surface area contributed by atoms with Crippen LogP contribution < -0.4 is 62.3 Å². The molecule has 1 aliphatic rings. The smallest absolute Gasteiger partial charge is 1.00 e. The second-order valence-electron chi connectivity index (χ2n) is 28.4. The van der Waals surface area contributed by atoms with Crippen molar-refractivity contribution in [2.45, 2.75) is 38.9 Å². The van der Waals surface area contributed by atoms with E-state index >= 15 is 0 Å². The molecule has 8 nitrogen and oxygen atoms in total. The number of fused-ring (bicyclic) bond motifs is 15. The first-order chi connectivity index (χ1) is 53.1. The van der Waals surface area contributed by atoms with Crippen LogP contribution in [0.4, 0.5) is 0 Å². The van der Waals surface area contributed by atoms with Crippen molar-refractivity contribution >= 4 is 176 Å².